The minimum Gasteiger partial charge on any atom is -0.370 e. The fourth-order valence-electron chi connectivity index (χ4n) is 12.8. The number of fused-ring (bicyclic) bond motifs is 20. The summed E-state index contributed by atoms with van der Waals surface area (Å²) in [5.41, 5.74) is 60.7. The number of hydrogen-bond acceptors (Lipinski definition) is 24. The number of Topliss-reactive ketones (excluding diaryl/α,β-unsaturated/α-hetero) is 4. The van der Waals surface area contributed by atoms with E-state index < -0.39 is 262 Å². The van der Waals surface area contributed by atoms with E-state index in [1.165, 1.54) is 27.8 Å². The number of rotatable bonds is 34. The number of ketones is 4. The van der Waals surface area contributed by atoms with E-state index in [-0.39, 0.29) is 199 Å². The van der Waals surface area contributed by atoms with Gasteiger partial charge in [-0.15, -0.1) is 35.3 Å². The van der Waals surface area contributed by atoms with Crippen LogP contribution in [0.4, 0.5) is 48.3 Å². The topological polar surface area (TPSA) is 712 Å². The van der Waals surface area contributed by atoms with Gasteiger partial charge in [-0.25, -0.2) is 48.3 Å². The van der Waals surface area contributed by atoms with Crippen molar-refractivity contribution in [1.29, 1.82) is 0 Å². The van der Waals surface area contributed by atoms with E-state index in [4.69, 9.17) is 68.8 Å². The zero-order valence-electron chi connectivity index (χ0n) is 74.9. The van der Waals surface area contributed by atoms with Crippen LogP contribution in [0.1, 0.15) is 123 Å². The molecule has 6 bridgehead atoms. The lowest BCUT2D eigenvalue weighted by Crippen LogP contribution is -2.58. The maximum absolute atomic E-state index is 16.0. The molecule has 8 amide bonds. The Morgan fingerprint density at radius 1 is 0.356 bits per heavy atom. The highest BCUT2D eigenvalue weighted by Crippen LogP contribution is 2.44. The molecule has 0 saturated heterocycles. The molecule has 55 heteroatoms. The van der Waals surface area contributed by atoms with E-state index in [0.717, 1.165) is 7.05 Å². The number of likely N-dealkylation sites (N-methyl/N-ethyl adjacent to an activating group) is 2. The third-order valence-electron chi connectivity index (χ3n) is 20.3. The molecule has 3 aromatic carbocycles. The van der Waals surface area contributed by atoms with Crippen molar-refractivity contribution in [2.75, 3.05) is 83.7 Å². The van der Waals surface area contributed by atoms with E-state index in [2.05, 4.69) is 83.1 Å². The zero-order valence-corrected chi connectivity index (χ0v) is 78.2. The van der Waals surface area contributed by atoms with Crippen molar-refractivity contribution < 1.29 is 106 Å². The quantitative estimate of drug-likeness (QED) is 0.00892. The van der Waals surface area contributed by atoms with Crippen LogP contribution in [0.2, 0.25) is 0 Å². The summed E-state index contributed by atoms with van der Waals surface area (Å²) in [5, 5.41) is 22.9. The van der Waals surface area contributed by atoms with Crippen molar-refractivity contribution in [3.63, 3.8) is 0 Å². The van der Waals surface area contributed by atoms with Gasteiger partial charge in [0.15, 0.2) is 117 Å². The summed E-state index contributed by atoms with van der Waals surface area (Å²) in [6.45, 7) is 6.23. The lowest BCUT2D eigenvalue weighted by atomic mass is 9.91. The number of aliphatic imine (C=N–C) groups is 6. The van der Waals surface area contributed by atoms with Crippen molar-refractivity contribution in [2.45, 2.75) is 192 Å². The summed E-state index contributed by atoms with van der Waals surface area (Å²) < 4.78 is 174. The number of carbonyl (C=O) groups is 12. The van der Waals surface area contributed by atoms with Crippen molar-refractivity contribution in [1.82, 2.24) is 53.2 Å². The zero-order chi connectivity index (χ0) is 102. The Kier molecular flexibility index (Phi) is 49.0. The molecule has 0 fully saturated rings. The number of hydrogen-bond donors (Lipinski definition) is 22. The number of nitrogens with one attached hydrogen (secondary N) is 10. The van der Waals surface area contributed by atoms with Gasteiger partial charge in [-0.05, 0) is 98.1 Å². The second-order valence-corrected chi connectivity index (χ2v) is 35.4. The van der Waals surface area contributed by atoms with Gasteiger partial charge in [0.05, 0.1) is 55.9 Å². The second kappa shape index (κ2) is 57.2. The first-order chi connectivity index (χ1) is 63.5. The second-order valence-electron chi connectivity index (χ2n) is 31.2. The molecule has 3 aromatic rings. The van der Waals surface area contributed by atoms with Crippen LogP contribution < -0.4 is 122 Å². The van der Waals surface area contributed by atoms with Gasteiger partial charge in [-0.1, -0.05) is 39.5 Å². The third kappa shape index (κ3) is 36.8. The molecule has 34 N–H and O–H groups in total. The molecule has 5 heterocycles. The predicted octanol–water partition coefficient (Wildman–Crippen LogP) is -0.528. The first-order valence-electron chi connectivity index (χ1n) is 42.1. The van der Waals surface area contributed by atoms with Crippen LogP contribution in [0.15, 0.2) is 49.5 Å². The molecule has 10 atom stereocenters. The van der Waals surface area contributed by atoms with Crippen LogP contribution in [0.25, 0.3) is 11.1 Å². The fourth-order valence-corrected chi connectivity index (χ4v) is 17.0. The lowest BCUT2D eigenvalue weighted by molar-refractivity contribution is -0.135. The van der Waals surface area contributed by atoms with Crippen molar-refractivity contribution >= 4 is 153 Å². The Bertz CT molecular complexity index is 4820. The number of carbonyl (C=O) groups excluding carboxylic acids is 12. The van der Waals surface area contributed by atoms with Crippen LogP contribution >= 0.6 is 47.0 Å². The Balaban J connectivity index is 0.000000570. The largest absolute Gasteiger partial charge is 0.370 e. The first-order valence-corrected chi connectivity index (χ1v) is 45.9. The predicted molar refractivity (Wildman–Crippen MR) is 489 cm³/mol. The number of thioether (sulfide) groups is 4. The van der Waals surface area contributed by atoms with Gasteiger partial charge in [0, 0.05) is 98.6 Å². The van der Waals surface area contributed by atoms with Gasteiger partial charge >= 0.3 is 0 Å². The number of amides is 8. The Hall–Kier alpha value is -11.7. The average molecular weight is 2000 g/mol. The van der Waals surface area contributed by atoms with Crippen molar-refractivity contribution in [3.8, 4) is 11.1 Å². The molecule has 5 aliphatic heterocycles. The van der Waals surface area contributed by atoms with Crippen LogP contribution in [0, 0.1) is 94.6 Å². The maximum atomic E-state index is 16.0. The molecule has 8 rings (SSSR count). The number of guanidine groups is 6. The number of benzene rings is 3. The molecule has 0 aromatic heterocycles. The molecule has 0 saturated carbocycles. The van der Waals surface area contributed by atoms with Gasteiger partial charge in [-0.3, -0.25) is 87.5 Å². The maximum Gasteiger partial charge on any atom is 0.248 e. The first kappa shape index (κ1) is 116. The molecule has 0 radical (unpaired) electrons. The highest BCUT2D eigenvalue weighted by Gasteiger charge is 2.41. The van der Waals surface area contributed by atoms with Gasteiger partial charge in [0.1, 0.15) is 41.4 Å². The molecule has 40 nitrogen and oxygen atoms in total. The monoisotopic (exact) mass is 2000 g/mol. The highest BCUT2D eigenvalue weighted by molar-refractivity contribution is 8.00. The standard InChI is InChI=1S/C42H56F8N14O6S2.C38H61F3N14O6S2/c1-16(2)22(66)14-61-36(68)20-15-71-33-29(47)25(43)23(26(44)30(33)48)24-27(45)31(49)34(32(50)28(24)46)72-39(57-3)38(70)63-19(9-6-12-60-42(55)56)37(69)62-18(8-5-11-59-41(53)54)21(65)13-17(35(67)64-20)7-4-10-58-40(51)52;1-18(2)26(57)15-52-33(59)24-17-63-31-27(39)19(3)30(28(40)29(31)41)62-16-23(48-4)25(56)14-20(8-5-11-49-36(42)43)32(58)53-21(9-6-12-50-37(44)45)34(60)54-22(35(61)55-24)10-7-13-51-38(46)47/h16-20,39,57H,4-15H2,1-3H3,(H,61,68)(H,62,69)(H,63,70)(H,64,67)(H4,51,52,58)(H4,53,54,59)(H4,55,56,60);18,20-24,48H,5-17H2,1-4H3,(H,52,59)(H,53,58)(H,54,60)(H,55,61)(H4,42,43,49)(H4,44,45,50)(H4,46,47,51). The Morgan fingerprint density at radius 3 is 1.01 bits per heavy atom. The minimum atomic E-state index is -2.55. The molecular weight excluding hydrogens is 1880 g/mol. The van der Waals surface area contributed by atoms with E-state index in [1.54, 1.807) is 13.8 Å². The molecular formula is C80H117F11N28O12S4. The van der Waals surface area contributed by atoms with E-state index in [0.29, 0.717) is 23.5 Å². The SMILES string of the molecule is CNC1CSc2c(C)c(F)c(c(F)c2F)SCC(C(=O)NCC(=O)C(C)C)NC(=O)C(CCCN=C(N)N)NC(=O)C(CCCN=C(N)N)NC(=O)C(CCCN=C(N)N)CC1=O.CNC1Sc2c(F)c(F)c(c(F)c2F)-c2c(F)c(F)c(c(F)c2F)SCC(C(=O)NCC(=O)C(C)C)NC(=O)C(CCCN=C(N)N)CC(=O)C(CCCN=C(N)N)NC(=O)C(CCCN=C(N)N)NC1=O. The van der Waals surface area contributed by atoms with Crippen molar-refractivity contribution in [2.24, 2.45) is 122 Å². The molecule has 5 aliphatic rings. The minimum absolute atomic E-state index is 0.00662. The Labute approximate surface area is 786 Å². The summed E-state index contributed by atoms with van der Waals surface area (Å²) in [6.07, 6.45) is -1.44. The third-order valence-corrected chi connectivity index (χ3v) is 25.1. The van der Waals surface area contributed by atoms with Gasteiger partial charge < -0.3 is 122 Å². The van der Waals surface area contributed by atoms with Crippen LogP contribution in [0.5, 0.6) is 0 Å². The van der Waals surface area contributed by atoms with Gasteiger partial charge in [0.2, 0.25) is 47.3 Å². The lowest BCUT2D eigenvalue weighted by Gasteiger charge is -2.26. The van der Waals surface area contributed by atoms with Crippen LogP contribution in [0.3, 0.4) is 0 Å². The normalized spacial score (nSPS) is 19.8. The van der Waals surface area contributed by atoms with E-state index in [1.807, 2.05) is 0 Å². The number of nitrogens with two attached hydrogens (primary N) is 12. The average Bonchev–Trinajstić information content (AvgIpc) is 0.748. The number of halogens is 11. The smallest absolute Gasteiger partial charge is 0.248 e. The highest BCUT2D eigenvalue weighted by atomic mass is 32.2. The van der Waals surface area contributed by atoms with Crippen LogP contribution in [-0.4, -0.2) is 238 Å². The Morgan fingerprint density at radius 2 is 0.644 bits per heavy atom. The molecule has 750 valence electrons. The van der Waals surface area contributed by atoms with Crippen LogP contribution in [-0.2, 0) is 57.5 Å². The van der Waals surface area contributed by atoms with E-state index in [9.17, 15) is 57.5 Å². The molecule has 0 spiro atoms. The summed E-state index contributed by atoms with van der Waals surface area (Å²) in [5.74, 6) is -40.9. The fraction of sp³-hybridized carbons (Fsp3) is 0.550. The van der Waals surface area contributed by atoms with Crippen molar-refractivity contribution in [3.05, 3.63) is 69.6 Å². The molecule has 0 aliphatic carbocycles. The number of nitrogens with zero attached hydrogens (tertiary/aromatic N) is 6. The summed E-state index contributed by atoms with van der Waals surface area (Å²) in [6, 6.07) is -10.5. The molecule has 135 heavy (non-hydrogen) atoms. The van der Waals surface area contributed by atoms with E-state index >= 15 is 48.3 Å². The van der Waals surface area contributed by atoms with Gasteiger partial charge in [-0.2, -0.15) is 0 Å². The summed E-state index contributed by atoms with van der Waals surface area (Å²) in [7, 11) is 2.51. The molecule has 10 unspecified atom stereocenters. The summed E-state index contributed by atoms with van der Waals surface area (Å²) >= 11 is 0.723. The van der Waals surface area contributed by atoms with Gasteiger partial charge in [0.25, 0.3) is 0 Å². The summed E-state index contributed by atoms with van der Waals surface area (Å²) in [4.78, 5) is 184.